The zero-order chi connectivity index (χ0) is 20.3. The number of nitrogens with one attached hydrogen (secondary N) is 2. The molecular formula is C20H18ClFN4O2. The van der Waals surface area contributed by atoms with Crippen LogP contribution in [0.3, 0.4) is 0 Å². The molecule has 2 aromatic carbocycles. The van der Waals surface area contributed by atoms with Crippen molar-refractivity contribution in [3.63, 3.8) is 0 Å². The number of primary amides is 1. The highest BCUT2D eigenvalue weighted by Crippen LogP contribution is 2.27. The number of carbonyl (C=O) groups is 2. The molecule has 8 heteroatoms. The molecule has 1 unspecified atom stereocenters. The summed E-state index contributed by atoms with van der Waals surface area (Å²) in [5.41, 5.74) is 6.69. The van der Waals surface area contributed by atoms with E-state index in [0.29, 0.717) is 10.6 Å². The fraction of sp³-hybridized carbons (Fsp3) is 0.150. The Morgan fingerprint density at radius 2 is 1.96 bits per heavy atom. The lowest BCUT2D eigenvalue weighted by Gasteiger charge is -2.24. The minimum atomic E-state index is -0.716. The molecule has 0 aliphatic rings. The van der Waals surface area contributed by atoms with E-state index in [9.17, 15) is 14.0 Å². The second kappa shape index (κ2) is 8.22. The minimum Gasteiger partial charge on any atom is -0.369 e. The van der Waals surface area contributed by atoms with Crippen LogP contribution in [0.2, 0.25) is 5.02 Å². The first-order chi connectivity index (χ1) is 13.4. The van der Waals surface area contributed by atoms with E-state index >= 15 is 0 Å². The lowest BCUT2D eigenvalue weighted by Crippen LogP contribution is -2.38. The summed E-state index contributed by atoms with van der Waals surface area (Å²) in [6.45, 7) is 1.61. The van der Waals surface area contributed by atoms with Gasteiger partial charge in [0, 0.05) is 10.6 Å². The number of hydrogen-bond acceptors (Lipinski definition) is 3. The van der Waals surface area contributed by atoms with Crippen LogP contribution in [0.15, 0.2) is 54.7 Å². The summed E-state index contributed by atoms with van der Waals surface area (Å²) in [5, 5.41) is 9.78. The normalized spacial score (nSPS) is 13.0. The Kier molecular flexibility index (Phi) is 5.75. The molecule has 0 aliphatic carbocycles. The Bertz CT molecular complexity index is 1020. The summed E-state index contributed by atoms with van der Waals surface area (Å²) in [4.78, 5) is 24.7. The predicted octanol–water partition coefficient (Wildman–Crippen LogP) is 3.46. The van der Waals surface area contributed by atoms with Crippen molar-refractivity contribution in [1.82, 2.24) is 15.5 Å². The average molecular weight is 401 g/mol. The Morgan fingerprint density at radius 1 is 1.21 bits per heavy atom. The SMILES string of the molecule is CC(C(N)=O)[C@H](NC(=O)c1cn[nH]c1-c1ccccc1F)c1cccc(Cl)c1. The van der Waals surface area contributed by atoms with E-state index in [1.165, 1.54) is 12.3 Å². The Balaban J connectivity index is 1.95. The van der Waals surface area contributed by atoms with Gasteiger partial charge in [0.1, 0.15) is 5.82 Å². The Labute approximate surface area is 165 Å². The number of nitrogens with two attached hydrogens (primary N) is 1. The molecule has 4 N–H and O–H groups in total. The predicted molar refractivity (Wildman–Crippen MR) is 104 cm³/mol. The number of benzene rings is 2. The molecule has 28 heavy (non-hydrogen) atoms. The number of amides is 2. The van der Waals surface area contributed by atoms with Crippen LogP contribution in [0.5, 0.6) is 0 Å². The van der Waals surface area contributed by atoms with Gasteiger partial charge in [0.05, 0.1) is 29.4 Å². The van der Waals surface area contributed by atoms with Gasteiger partial charge in [-0.05, 0) is 29.8 Å². The molecule has 0 fully saturated rings. The number of hydrogen-bond donors (Lipinski definition) is 3. The topological polar surface area (TPSA) is 101 Å². The third kappa shape index (κ3) is 4.04. The molecule has 3 aromatic rings. The van der Waals surface area contributed by atoms with Crippen molar-refractivity contribution in [1.29, 1.82) is 0 Å². The van der Waals surface area contributed by atoms with Gasteiger partial charge < -0.3 is 11.1 Å². The maximum Gasteiger partial charge on any atom is 0.255 e. The second-order valence-electron chi connectivity index (χ2n) is 6.34. The maximum absolute atomic E-state index is 14.1. The largest absolute Gasteiger partial charge is 0.369 e. The summed E-state index contributed by atoms with van der Waals surface area (Å²) in [6.07, 6.45) is 1.31. The fourth-order valence-corrected chi connectivity index (χ4v) is 3.11. The van der Waals surface area contributed by atoms with Gasteiger partial charge in [0.15, 0.2) is 0 Å². The molecule has 0 bridgehead atoms. The first-order valence-corrected chi connectivity index (χ1v) is 8.90. The van der Waals surface area contributed by atoms with Gasteiger partial charge in [0.2, 0.25) is 5.91 Å². The first kappa shape index (κ1) is 19.6. The Morgan fingerprint density at radius 3 is 2.64 bits per heavy atom. The number of rotatable bonds is 6. The van der Waals surface area contributed by atoms with Crippen LogP contribution < -0.4 is 11.1 Å². The molecule has 0 radical (unpaired) electrons. The van der Waals surface area contributed by atoms with E-state index in [1.807, 2.05) is 0 Å². The number of nitrogens with zero attached hydrogens (tertiary/aromatic N) is 1. The zero-order valence-corrected chi connectivity index (χ0v) is 15.7. The molecule has 0 saturated carbocycles. The van der Waals surface area contributed by atoms with Gasteiger partial charge in [-0.15, -0.1) is 0 Å². The summed E-state index contributed by atoms with van der Waals surface area (Å²) in [6, 6.07) is 12.1. The van der Waals surface area contributed by atoms with Crippen molar-refractivity contribution in [2.75, 3.05) is 0 Å². The molecule has 2 atom stereocenters. The Hall–Kier alpha value is -3.19. The van der Waals surface area contributed by atoms with Crippen molar-refractivity contribution < 1.29 is 14.0 Å². The first-order valence-electron chi connectivity index (χ1n) is 8.52. The van der Waals surface area contributed by atoms with Crippen molar-refractivity contribution >= 4 is 23.4 Å². The lowest BCUT2D eigenvalue weighted by atomic mass is 9.93. The van der Waals surface area contributed by atoms with Gasteiger partial charge in [-0.3, -0.25) is 14.7 Å². The van der Waals surface area contributed by atoms with Gasteiger partial charge >= 0.3 is 0 Å². The highest BCUT2D eigenvalue weighted by Gasteiger charge is 2.28. The van der Waals surface area contributed by atoms with E-state index in [0.717, 1.165) is 0 Å². The van der Waals surface area contributed by atoms with Crippen LogP contribution in [0.1, 0.15) is 28.9 Å². The van der Waals surface area contributed by atoms with Crippen LogP contribution >= 0.6 is 11.6 Å². The standard InChI is InChI=1S/C20H18ClFN4O2/c1-11(19(23)27)17(12-5-4-6-13(21)9-12)25-20(28)15-10-24-26-18(15)14-7-2-3-8-16(14)22/h2-11,17H,1H3,(H2,23,27)(H,24,26)(H,25,28)/t11?,17-/m0/s1. The van der Waals surface area contributed by atoms with Gasteiger partial charge in [-0.1, -0.05) is 42.8 Å². The quantitative estimate of drug-likeness (QED) is 0.590. The lowest BCUT2D eigenvalue weighted by molar-refractivity contribution is -0.122. The van der Waals surface area contributed by atoms with Gasteiger partial charge in [0.25, 0.3) is 5.91 Å². The molecule has 0 saturated heterocycles. The minimum absolute atomic E-state index is 0.147. The third-order valence-electron chi connectivity index (χ3n) is 4.47. The number of aromatic amines is 1. The molecule has 0 spiro atoms. The smallest absolute Gasteiger partial charge is 0.255 e. The van der Waals surface area contributed by atoms with E-state index in [2.05, 4.69) is 15.5 Å². The van der Waals surface area contributed by atoms with Crippen molar-refractivity contribution in [2.24, 2.45) is 11.7 Å². The van der Waals surface area contributed by atoms with Crippen LogP contribution in [0.4, 0.5) is 4.39 Å². The van der Waals surface area contributed by atoms with Gasteiger partial charge in [-0.25, -0.2) is 4.39 Å². The van der Waals surface area contributed by atoms with Crippen molar-refractivity contribution in [3.05, 3.63) is 76.7 Å². The monoisotopic (exact) mass is 400 g/mol. The van der Waals surface area contributed by atoms with Crippen LogP contribution in [0.25, 0.3) is 11.3 Å². The molecule has 3 rings (SSSR count). The average Bonchev–Trinajstić information content (AvgIpc) is 3.15. The molecule has 1 heterocycles. The number of aromatic nitrogens is 2. The van der Waals surface area contributed by atoms with E-state index < -0.39 is 29.6 Å². The molecule has 1 aromatic heterocycles. The third-order valence-corrected chi connectivity index (χ3v) is 4.71. The number of halogens is 2. The zero-order valence-electron chi connectivity index (χ0n) is 14.9. The molecule has 0 aliphatic heterocycles. The van der Waals surface area contributed by atoms with Crippen molar-refractivity contribution in [2.45, 2.75) is 13.0 Å². The number of H-pyrrole nitrogens is 1. The molecule has 6 nitrogen and oxygen atoms in total. The highest BCUT2D eigenvalue weighted by atomic mass is 35.5. The molecule has 2 amide bonds. The maximum atomic E-state index is 14.1. The summed E-state index contributed by atoms with van der Waals surface area (Å²) in [5.74, 6) is -2.29. The summed E-state index contributed by atoms with van der Waals surface area (Å²) in [7, 11) is 0. The van der Waals surface area contributed by atoms with Gasteiger partial charge in [-0.2, -0.15) is 5.10 Å². The molecule has 144 valence electrons. The van der Waals surface area contributed by atoms with E-state index in [4.69, 9.17) is 17.3 Å². The summed E-state index contributed by atoms with van der Waals surface area (Å²) < 4.78 is 14.1. The second-order valence-corrected chi connectivity index (χ2v) is 6.77. The van der Waals surface area contributed by atoms with Crippen molar-refractivity contribution in [3.8, 4) is 11.3 Å². The van der Waals surface area contributed by atoms with E-state index in [1.54, 1.807) is 49.4 Å². The van der Waals surface area contributed by atoms with Crippen LogP contribution in [0, 0.1) is 11.7 Å². The van der Waals surface area contributed by atoms with Crippen LogP contribution in [-0.2, 0) is 4.79 Å². The fourth-order valence-electron chi connectivity index (χ4n) is 2.91. The number of carbonyl (C=O) groups excluding carboxylic acids is 2. The highest BCUT2D eigenvalue weighted by molar-refractivity contribution is 6.30. The molecular weight excluding hydrogens is 383 g/mol. The summed E-state index contributed by atoms with van der Waals surface area (Å²) >= 11 is 6.05. The van der Waals surface area contributed by atoms with E-state index in [-0.39, 0.29) is 16.8 Å². The van der Waals surface area contributed by atoms with Crippen LogP contribution in [-0.4, -0.2) is 22.0 Å².